The number of aromatic nitrogens is 2. The number of likely N-dealkylation sites (tertiary alicyclic amines) is 1. The zero-order valence-corrected chi connectivity index (χ0v) is 15.2. The van der Waals surface area contributed by atoms with Gasteiger partial charge in [0.25, 0.3) is 0 Å². The average molecular weight is 365 g/mol. The normalized spacial score (nSPS) is 33.3. The standard InChI is InChI=1S/C18H25ClN4O2/c19-17-20-9-6-15(21-17)22-10-1-7-18(12-22)8-11-23(16(18)25)13-2-4-14(24)5-3-13/h6,9,13-14,24H,1-5,7-8,10-12H2/t13?,14?,18-/m1/s1. The van der Waals surface area contributed by atoms with Gasteiger partial charge < -0.3 is 14.9 Å². The lowest BCUT2D eigenvalue weighted by molar-refractivity contribution is -0.139. The monoisotopic (exact) mass is 364 g/mol. The molecule has 1 atom stereocenters. The van der Waals surface area contributed by atoms with Gasteiger partial charge in [0.05, 0.1) is 11.5 Å². The first-order chi connectivity index (χ1) is 12.1. The van der Waals surface area contributed by atoms with Gasteiger partial charge >= 0.3 is 0 Å². The molecule has 0 bridgehead atoms. The van der Waals surface area contributed by atoms with Crippen molar-refractivity contribution in [3.63, 3.8) is 0 Å². The molecule has 1 aromatic rings. The number of aliphatic hydroxyl groups excluding tert-OH is 1. The average Bonchev–Trinajstić information content (AvgIpc) is 2.92. The number of piperidine rings is 1. The number of rotatable bonds is 2. The van der Waals surface area contributed by atoms with Gasteiger partial charge in [0.2, 0.25) is 11.2 Å². The van der Waals surface area contributed by atoms with Crippen LogP contribution in [0.4, 0.5) is 5.82 Å². The van der Waals surface area contributed by atoms with Crippen LogP contribution in [0.2, 0.25) is 5.28 Å². The van der Waals surface area contributed by atoms with Crippen molar-refractivity contribution in [1.29, 1.82) is 0 Å². The summed E-state index contributed by atoms with van der Waals surface area (Å²) in [7, 11) is 0. The molecule has 1 aromatic heterocycles. The van der Waals surface area contributed by atoms with E-state index >= 15 is 0 Å². The molecular formula is C18H25ClN4O2. The summed E-state index contributed by atoms with van der Waals surface area (Å²) in [6.45, 7) is 2.46. The Morgan fingerprint density at radius 2 is 2.00 bits per heavy atom. The van der Waals surface area contributed by atoms with E-state index in [1.165, 1.54) is 0 Å². The summed E-state index contributed by atoms with van der Waals surface area (Å²) in [5.41, 5.74) is -0.286. The minimum atomic E-state index is -0.286. The summed E-state index contributed by atoms with van der Waals surface area (Å²) in [6.07, 6.45) is 7.82. The Morgan fingerprint density at radius 1 is 1.20 bits per heavy atom. The number of halogens is 1. The highest BCUT2D eigenvalue weighted by molar-refractivity contribution is 6.28. The second kappa shape index (κ2) is 6.72. The van der Waals surface area contributed by atoms with Crippen LogP contribution in [0.15, 0.2) is 12.3 Å². The Labute approximate surface area is 153 Å². The van der Waals surface area contributed by atoms with Crippen molar-refractivity contribution < 1.29 is 9.90 Å². The van der Waals surface area contributed by atoms with Crippen molar-refractivity contribution in [2.75, 3.05) is 24.5 Å². The fourth-order valence-electron chi connectivity index (χ4n) is 4.77. The van der Waals surface area contributed by atoms with E-state index in [9.17, 15) is 9.90 Å². The number of anilines is 1. The molecule has 7 heteroatoms. The Kier molecular flexibility index (Phi) is 4.58. The molecule has 3 fully saturated rings. The van der Waals surface area contributed by atoms with Crippen molar-refractivity contribution in [2.24, 2.45) is 5.41 Å². The molecule has 0 unspecified atom stereocenters. The predicted octanol–water partition coefficient (Wildman–Crippen LogP) is 2.25. The van der Waals surface area contributed by atoms with E-state index in [0.717, 1.165) is 63.9 Å². The quantitative estimate of drug-likeness (QED) is 0.815. The first kappa shape index (κ1) is 17.0. The van der Waals surface area contributed by atoms with Gasteiger partial charge in [-0.15, -0.1) is 0 Å². The summed E-state index contributed by atoms with van der Waals surface area (Å²) < 4.78 is 0. The zero-order chi connectivity index (χ0) is 17.4. The van der Waals surface area contributed by atoms with E-state index in [2.05, 4.69) is 19.8 Å². The lowest BCUT2D eigenvalue weighted by Crippen LogP contribution is -2.50. The molecule has 1 saturated carbocycles. The van der Waals surface area contributed by atoms with E-state index < -0.39 is 0 Å². The maximum Gasteiger partial charge on any atom is 0.230 e. The molecular weight excluding hydrogens is 340 g/mol. The fourth-order valence-corrected chi connectivity index (χ4v) is 4.92. The first-order valence-electron chi connectivity index (χ1n) is 9.30. The van der Waals surface area contributed by atoms with Crippen LogP contribution in [-0.4, -0.2) is 57.7 Å². The Bertz CT molecular complexity index is 650. The highest BCUT2D eigenvalue weighted by Gasteiger charge is 2.50. The molecule has 136 valence electrons. The van der Waals surface area contributed by atoms with Gasteiger partial charge in [-0.1, -0.05) is 0 Å². The van der Waals surface area contributed by atoms with E-state index in [1.54, 1.807) is 6.20 Å². The summed E-state index contributed by atoms with van der Waals surface area (Å²) in [4.78, 5) is 25.8. The molecule has 2 saturated heterocycles. The minimum Gasteiger partial charge on any atom is -0.393 e. The van der Waals surface area contributed by atoms with Crippen molar-refractivity contribution in [3.05, 3.63) is 17.5 Å². The Hall–Kier alpha value is -1.40. The van der Waals surface area contributed by atoms with Gasteiger partial charge in [0.1, 0.15) is 5.82 Å². The van der Waals surface area contributed by atoms with Gasteiger partial charge in [-0.2, -0.15) is 0 Å². The third kappa shape index (κ3) is 3.22. The second-order valence-electron chi connectivity index (χ2n) is 7.70. The molecule has 3 heterocycles. The molecule has 1 N–H and O–H groups in total. The van der Waals surface area contributed by atoms with Crippen LogP contribution in [0.25, 0.3) is 0 Å². The number of amides is 1. The lowest BCUT2D eigenvalue weighted by atomic mass is 9.78. The van der Waals surface area contributed by atoms with Gasteiger partial charge in [-0.3, -0.25) is 4.79 Å². The molecule has 1 amide bonds. The number of carbonyl (C=O) groups excluding carboxylic acids is 1. The lowest BCUT2D eigenvalue weighted by Gasteiger charge is -2.40. The predicted molar refractivity (Wildman–Crippen MR) is 95.5 cm³/mol. The maximum absolute atomic E-state index is 13.3. The molecule has 2 aliphatic heterocycles. The molecule has 3 aliphatic rings. The van der Waals surface area contributed by atoms with E-state index in [1.807, 2.05) is 6.07 Å². The van der Waals surface area contributed by atoms with Gasteiger partial charge in [0.15, 0.2) is 0 Å². The summed E-state index contributed by atoms with van der Waals surface area (Å²) in [6, 6.07) is 2.17. The Balaban J connectivity index is 1.49. The van der Waals surface area contributed by atoms with Crippen LogP contribution >= 0.6 is 11.6 Å². The molecule has 1 spiro atoms. The number of hydrogen-bond donors (Lipinski definition) is 1. The smallest absolute Gasteiger partial charge is 0.230 e. The van der Waals surface area contributed by atoms with E-state index in [4.69, 9.17) is 11.6 Å². The van der Waals surface area contributed by atoms with Crippen molar-refractivity contribution >= 4 is 23.3 Å². The molecule has 6 nitrogen and oxygen atoms in total. The first-order valence-corrected chi connectivity index (χ1v) is 9.68. The molecule has 1 aliphatic carbocycles. The maximum atomic E-state index is 13.3. The van der Waals surface area contributed by atoms with Crippen molar-refractivity contribution in [2.45, 2.75) is 57.1 Å². The van der Waals surface area contributed by atoms with Gasteiger partial charge in [0, 0.05) is 31.9 Å². The topological polar surface area (TPSA) is 69.6 Å². The number of nitrogens with zero attached hydrogens (tertiary/aromatic N) is 4. The molecule has 4 rings (SSSR count). The van der Waals surface area contributed by atoms with Crippen LogP contribution in [0.5, 0.6) is 0 Å². The van der Waals surface area contributed by atoms with Crippen LogP contribution in [0, 0.1) is 5.41 Å². The SMILES string of the molecule is O=C1N(C2CCC(O)CC2)CC[C@@]12CCCN(c1ccnc(Cl)n1)C2. The van der Waals surface area contributed by atoms with Crippen molar-refractivity contribution in [3.8, 4) is 0 Å². The molecule has 0 aromatic carbocycles. The summed E-state index contributed by atoms with van der Waals surface area (Å²) in [5, 5.41) is 9.98. The molecule has 25 heavy (non-hydrogen) atoms. The van der Waals surface area contributed by atoms with Crippen LogP contribution in [0.1, 0.15) is 44.9 Å². The van der Waals surface area contributed by atoms with Crippen LogP contribution in [0.3, 0.4) is 0 Å². The van der Waals surface area contributed by atoms with E-state index in [0.29, 0.717) is 18.5 Å². The zero-order valence-electron chi connectivity index (χ0n) is 14.4. The van der Waals surface area contributed by atoms with Crippen LogP contribution < -0.4 is 4.90 Å². The largest absolute Gasteiger partial charge is 0.393 e. The number of carbonyl (C=O) groups is 1. The second-order valence-corrected chi connectivity index (χ2v) is 8.04. The third-order valence-electron chi connectivity index (χ3n) is 6.17. The summed E-state index contributed by atoms with van der Waals surface area (Å²) in [5.74, 6) is 1.12. The van der Waals surface area contributed by atoms with Crippen LogP contribution in [-0.2, 0) is 4.79 Å². The van der Waals surface area contributed by atoms with Gasteiger partial charge in [-0.25, -0.2) is 9.97 Å². The number of aliphatic hydroxyl groups is 1. The minimum absolute atomic E-state index is 0.185. The Morgan fingerprint density at radius 3 is 2.76 bits per heavy atom. The number of hydrogen-bond acceptors (Lipinski definition) is 5. The molecule has 0 radical (unpaired) electrons. The van der Waals surface area contributed by atoms with Gasteiger partial charge in [-0.05, 0) is 62.6 Å². The summed E-state index contributed by atoms with van der Waals surface area (Å²) >= 11 is 5.94. The third-order valence-corrected chi connectivity index (χ3v) is 6.35. The highest BCUT2D eigenvalue weighted by Crippen LogP contribution is 2.43. The van der Waals surface area contributed by atoms with Crippen molar-refractivity contribution in [1.82, 2.24) is 14.9 Å². The highest BCUT2D eigenvalue weighted by atomic mass is 35.5. The fraction of sp³-hybridized carbons (Fsp3) is 0.722. The van der Waals surface area contributed by atoms with E-state index in [-0.39, 0.29) is 16.8 Å².